The first kappa shape index (κ1) is 14.4. The van der Waals surface area contributed by atoms with E-state index in [0.29, 0.717) is 11.7 Å². The van der Waals surface area contributed by atoms with Crippen LogP contribution < -0.4 is 5.73 Å². The molecule has 0 radical (unpaired) electrons. The molecule has 1 aliphatic rings. The van der Waals surface area contributed by atoms with Gasteiger partial charge in [0.05, 0.1) is 5.02 Å². The molecule has 3 nitrogen and oxygen atoms in total. The number of nitrogen functional groups attached to an aromatic ring is 1. The van der Waals surface area contributed by atoms with E-state index in [1.54, 1.807) is 12.1 Å². The third kappa shape index (κ3) is 2.77. The maximum absolute atomic E-state index is 13.3. The summed E-state index contributed by atoms with van der Waals surface area (Å²) in [4.78, 5) is 4.72. The molecular formula is C16H19ClFN3. The fraction of sp³-hybridized carbons (Fsp3) is 0.438. The minimum absolute atomic E-state index is 0.1000. The van der Waals surface area contributed by atoms with Gasteiger partial charge in [-0.1, -0.05) is 24.9 Å². The zero-order valence-corrected chi connectivity index (χ0v) is 12.8. The third-order valence-electron chi connectivity index (χ3n) is 3.91. The molecule has 0 atom stereocenters. The van der Waals surface area contributed by atoms with Crippen LogP contribution in [0.5, 0.6) is 0 Å². The van der Waals surface area contributed by atoms with E-state index in [9.17, 15) is 4.39 Å². The van der Waals surface area contributed by atoms with Crippen LogP contribution in [0.3, 0.4) is 0 Å². The van der Waals surface area contributed by atoms with Crippen molar-refractivity contribution >= 4 is 17.4 Å². The molecule has 1 fully saturated rings. The van der Waals surface area contributed by atoms with Crippen molar-refractivity contribution in [3.63, 3.8) is 0 Å². The van der Waals surface area contributed by atoms with Gasteiger partial charge < -0.3 is 10.3 Å². The molecule has 0 aliphatic heterocycles. The summed E-state index contributed by atoms with van der Waals surface area (Å²) in [5, 5.41) is 0.1000. The zero-order chi connectivity index (χ0) is 15.0. The summed E-state index contributed by atoms with van der Waals surface area (Å²) >= 11 is 5.87. The first-order valence-corrected chi connectivity index (χ1v) is 7.81. The molecule has 1 aliphatic carbocycles. The smallest absolute Gasteiger partial charge is 0.141 e. The average molecular weight is 308 g/mol. The Labute approximate surface area is 128 Å². The van der Waals surface area contributed by atoms with E-state index in [0.717, 1.165) is 36.5 Å². The number of hydrogen-bond acceptors (Lipinski definition) is 2. The van der Waals surface area contributed by atoms with Crippen LogP contribution in [0.2, 0.25) is 5.02 Å². The normalized spacial score (nSPS) is 14.6. The molecule has 0 saturated heterocycles. The summed E-state index contributed by atoms with van der Waals surface area (Å²) < 4.78 is 15.4. The SMILES string of the molecule is CCCCn1c(C2CC2)nc(-c2ccc(F)c(Cl)c2)c1N. The molecule has 3 rings (SSSR count). The zero-order valence-electron chi connectivity index (χ0n) is 12.1. The molecule has 112 valence electrons. The molecule has 2 aromatic rings. The van der Waals surface area contributed by atoms with Crippen LogP contribution in [0.1, 0.15) is 44.3 Å². The molecule has 0 unspecified atom stereocenters. The predicted octanol–water partition coefficient (Wildman–Crippen LogP) is 4.60. The van der Waals surface area contributed by atoms with E-state index < -0.39 is 5.82 Å². The van der Waals surface area contributed by atoms with Crippen LogP contribution in [-0.4, -0.2) is 9.55 Å². The fourth-order valence-corrected chi connectivity index (χ4v) is 2.72. The standard InChI is InChI=1S/C16H19ClFN3/c1-2-3-8-21-15(19)14(20-16(21)10-4-5-10)11-6-7-13(18)12(17)9-11/h6-7,9-10H,2-5,8,19H2,1H3. The van der Waals surface area contributed by atoms with Crippen molar-refractivity contribution in [3.8, 4) is 11.3 Å². The van der Waals surface area contributed by atoms with Gasteiger partial charge in [0.1, 0.15) is 23.2 Å². The molecule has 1 aromatic carbocycles. The van der Waals surface area contributed by atoms with Crippen molar-refractivity contribution in [1.29, 1.82) is 0 Å². The van der Waals surface area contributed by atoms with E-state index in [1.165, 1.54) is 18.9 Å². The first-order chi connectivity index (χ1) is 10.1. The Balaban J connectivity index is 2.03. The number of aromatic nitrogens is 2. The molecule has 0 spiro atoms. The van der Waals surface area contributed by atoms with Gasteiger partial charge in [-0.3, -0.25) is 0 Å². The van der Waals surface area contributed by atoms with Crippen LogP contribution >= 0.6 is 11.6 Å². The lowest BCUT2D eigenvalue weighted by Gasteiger charge is -2.08. The minimum atomic E-state index is -0.424. The van der Waals surface area contributed by atoms with Gasteiger partial charge in [-0.2, -0.15) is 0 Å². The van der Waals surface area contributed by atoms with E-state index >= 15 is 0 Å². The number of anilines is 1. The highest BCUT2D eigenvalue weighted by Crippen LogP contribution is 2.42. The number of benzene rings is 1. The van der Waals surface area contributed by atoms with Crippen molar-refractivity contribution in [1.82, 2.24) is 9.55 Å². The molecular weight excluding hydrogens is 289 g/mol. The summed E-state index contributed by atoms with van der Waals surface area (Å²) in [6, 6.07) is 4.64. The number of imidazole rings is 1. The minimum Gasteiger partial charge on any atom is -0.383 e. The van der Waals surface area contributed by atoms with Gasteiger partial charge >= 0.3 is 0 Å². The van der Waals surface area contributed by atoms with Gasteiger partial charge in [-0.15, -0.1) is 0 Å². The Morgan fingerprint density at radius 2 is 2.19 bits per heavy atom. The maximum atomic E-state index is 13.3. The summed E-state index contributed by atoms with van der Waals surface area (Å²) in [5.74, 6) is 1.82. The summed E-state index contributed by atoms with van der Waals surface area (Å²) in [6.07, 6.45) is 4.53. The lowest BCUT2D eigenvalue weighted by molar-refractivity contribution is 0.609. The highest BCUT2D eigenvalue weighted by molar-refractivity contribution is 6.31. The monoisotopic (exact) mass is 307 g/mol. The number of nitrogens with two attached hydrogens (primary N) is 1. The van der Waals surface area contributed by atoms with Crippen LogP contribution in [0.15, 0.2) is 18.2 Å². The van der Waals surface area contributed by atoms with Crippen LogP contribution in [0.4, 0.5) is 10.2 Å². The predicted molar refractivity (Wildman–Crippen MR) is 83.9 cm³/mol. The Morgan fingerprint density at radius 3 is 2.81 bits per heavy atom. The number of unbranched alkanes of at least 4 members (excludes halogenated alkanes) is 1. The second-order valence-corrected chi connectivity index (χ2v) is 6.02. The van der Waals surface area contributed by atoms with Crippen LogP contribution in [-0.2, 0) is 6.54 Å². The quantitative estimate of drug-likeness (QED) is 0.877. The molecule has 1 aromatic heterocycles. The second kappa shape index (κ2) is 5.68. The van der Waals surface area contributed by atoms with E-state index in [4.69, 9.17) is 22.3 Å². The highest BCUT2D eigenvalue weighted by Gasteiger charge is 2.30. The summed E-state index contributed by atoms with van der Waals surface area (Å²) in [5.41, 5.74) is 7.79. The molecule has 1 heterocycles. The van der Waals surface area contributed by atoms with Crippen LogP contribution in [0, 0.1) is 5.82 Å². The molecule has 21 heavy (non-hydrogen) atoms. The lowest BCUT2D eigenvalue weighted by Crippen LogP contribution is -2.06. The second-order valence-electron chi connectivity index (χ2n) is 5.61. The maximum Gasteiger partial charge on any atom is 0.141 e. The van der Waals surface area contributed by atoms with Gasteiger partial charge in [0.25, 0.3) is 0 Å². The Kier molecular flexibility index (Phi) is 3.89. The van der Waals surface area contributed by atoms with Crippen molar-refractivity contribution in [3.05, 3.63) is 34.9 Å². The topological polar surface area (TPSA) is 43.8 Å². The Bertz CT molecular complexity index is 662. The van der Waals surface area contributed by atoms with Crippen molar-refractivity contribution in [2.75, 3.05) is 5.73 Å². The number of hydrogen-bond donors (Lipinski definition) is 1. The van der Waals surface area contributed by atoms with Crippen molar-refractivity contribution in [2.45, 2.75) is 45.1 Å². The fourth-order valence-electron chi connectivity index (χ4n) is 2.54. The van der Waals surface area contributed by atoms with Gasteiger partial charge in [0.2, 0.25) is 0 Å². The first-order valence-electron chi connectivity index (χ1n) is 7.43. The molecule has 5 heteroatoms. The number of rotatable bonds is 5. The Hall–Kier alpha value is -1.55. The van der Waals surface area contributed by atoms with Crippen molar-refractivity contribution < 1.29 is 4.39 Å². The largest absolute Gasteiger partial charge is 0.383 e. The van der Waals surface area contributed by atoms with Gasteiger partial charge in [-0.05, 0) is 37.5 Å². The van der Waals surface area contributed by atoms with E-state index in [2.05, 4.69) is 11.5 Å². The molecule has 1 saturated carbocycles. The summed E-state index contributed by atoms with van der Waals surface area (Å²) in [6.45, 7) is 3.04. The average Bonchev–Trinajstić information content (AvgIpc) is 3.25. The molecule has 2 N–H and O–H groups in total. The summed E-state index contributed by atoms with van der Waals surface area (Å²) in [7, 11) is 0. The van der Waals surface area contributed by atoms with Crippen molar-refractivity contribution in [2.24, 2.45) is 0 Å². The highest BCUT2D eigenvalue weighted by atomic mass is 35.5. The lowest BCUT2D eigenvalue weighted by atomic mass is 10.1. The van der Waals surface area contributed by atoms with E-state index in [-0.39, 0.29) is 5.02 Å². The van der Waals surface area contributed by atoms with Gasteiger partial charge in [0, 0.05) is 18.0 Å². The van der Waals surface area contributed by atoms with Gasteiger partial charge in [0.15, 0.2) is 0 Å². The van der Waals surface area contributed by atoms with E-state index in [1.807, 2.05) is 0 Å². The van der Waals surface area contributed by atoms with Crippen LogP contribution in [0.25, 0.3) is 11.3 Å². The molecule has 0 amide bonds. The Morgan fingerprint density at radius 1 is 1.43 bits per heavy atom. The number of nitrogens with zero attached hydrogens (tertiary/aromatic N) is 2. The number of halogens is 2. The molecule has 0 bridgehead atoms. The third-order valence-corrected chi connectivity index (χ3v) is 4.20. The van der Waals surface area contributed by atoms with Gasteiger partial charge in [-0.25, -0.2) is 9.37 Å².